The first-order valence-electron chi connectivity index (χ1n) is 6.51. The maximum absolute atomic E-state index is 11.4. The smallest absolute Gasteiger partial charge is 0.379 e. The average Bonchev–Trinajstić information content (AvgIpc) is 2.95. The van der Waals surface area contributed by atoms with Crippen molar-refractivity contribution in [1.82, 2.24) is 10.1 Å². The van der Waals surface area contributed by atoms with Gasteiger partial charge in [-0.1, -0.05) is 30.3 Å². The predicted molar refractivity (Wildman–Crippen MR) is 71.9 cm³/mol. The van der Waals surface area contributed by atoms with Crippen LogP contribution in [0.4, 0.5) is 0 Å². The summed E-state index contributed by atoms with van der Waals surface area (Å²) in [5, 5.41) is 3.58. The summed E-state index contributed by atoms with van der Waals surface area (Å²) in [4.78, 5) is 15.4. The monoisotopic (exact) mass is 275 g/mol. The standard InChI is InChI=1S/C14H17N3O3/c1-2-19-14(18)13-16-12(20-17-13)9-8-11(15)10-6-4-3-5-7-10/h3-7,11H,2,8-9,15H2,1H3. The first-order chi connectivity index (χ1) is 9.70. The third kappa shape index (κ3) is 3.64. The first kappa shape index (κ1) is 14.2. The molecule has 1 aromatic carbocycles. The van der Waals surface area contributed by atoms with E-state index in [9.17, 15) is 4.79 Å². The van der Waals surface area contributed by atoms with Gasteiger partial charge in [0.15, 0.2) is 0 Å². The molecule has 0 aliphatic rings. The van der Waals surface area contributed by atoms with Crippen LogP contribution in [0.3, 0.4) is 0 Å². The van der Waals surface area contributed by atoms with E-state index in [1.54, 1.807) is 6.92 Å². The van der Waals surface area contributed by atoms with Gasteiger partial charge in [-0.15, -0.1) is 0 Å². The molecule has 6 heteroatoms. The molecule has 0 aliphatic carbocycles. The van der Waals surface area contributed by atoms with Crippen molar-refractivity contribution in [2.24, 2.45) is 5.73 Å². The molecule has 106 valence electrons. The summed E-state index contributed by atoms with van der Waals surface area (Å²) in [5.41, 5.74) is 7.13. The number of esters is 1. The van der Waals surface area contributed by atoms with E-state index in [4.69, 9.17) is 15.0 Å². The van der Waals surface area contributed by atoms with Crippen LogP contribution in [0.25, 0.3) is 0 Å². The van der Waals surface area contributed by atoms with Gasteiger partial charge in [-0.3, -0.25) is 0 Å². The lowest BCUT2D eigenvalue weighted by Crippen LogP contribution is -2.11. The summed E-state index contributed by atoms with van der Waals surface area (Å²) in [6.07, 6.45) is 1.18. The molecular weight excluding hydrogens is 258 g/mol. The van der Waals surface area contributed by atoms with Crippen molar-refractivity contribution in [3.63, 3.8) is 0 Å². The second-order valence-corrected chi connectivity index (χ2v) is 4.29. The Bertz CT molecular complexity index is 554. The largest absolute Gasteiger partial charge is 0.460 e. The normalized spacial score (nSPS) is 12.1. The molecule has 2 N–H and O–H groups in total. The molecule has 20 heavy (non-hydrogen) atoms. The summed E-state index contributed by atoms with van der Waals surface area (Å²) in [6.45, 7) is 2.00. The maximum Gasteiger partial charge on any atom is 0.379 e. The number of hydrogen-bond acceptors (Lipinski definition) is 6. The molecule has 0 amide bonds. The van der Waals surface area contributed by atoms with Crippen molar-refractivity contribution in [3.8, 4) is 0 Å². The molecule has 2 aromatic rings. The van der Waals surface area contributed by atoms with E-state index in [1.807, 2.05) is 30.3 Å². The highest BCUT2D eigenvalue weighted by molar-refractivity contribution is 5.84. The van der Waals surface area contributed by atoms with Crippen LogP contribution in [0.5, 0.6) is 0 Å². The Hall–Kier alpha value is -2.21. The third-order valence-electron chi connectivity index (χ3n) is 2.82. The third-order valence-corrected chi connectivity index (χ3v) is 2.82. The molecule has 6 nitrogen and oxygen atoms in total. The van der Waals surface area contributed by atoms with Crippen molar-refractivity contribution in [1.29, 1.82) is 0 Å². The summed E-state index contributed by atoms with van der Waals surface area (Å²) < 4.78 is 9.79. The molecular formula is C14H17N3O3. The number of benzene rings is 1. The molecule has 1 unspecified atom stereocenters. The fourth-order valence-corrected chi connectivity index (χ4v) is 1.78. The Morgan fingerprint density at radius 1 is 1.40 bits per heavy atom. The summed E-state index contributed by atoms with van der Waals surface area (Å²) in [6, 6.07) is 9.68. The van der Waals surface area contributed by atoms with Gasteiger partial charge in [0.05, 0.1) is 6.61 Å². The number of hydrogen-bond donors (Lipinski definition) is 1. The zero-order chi connectivity index (χ0) is 14.4. The lowest BCUT2D eigenvalue weighted by atomic mass is 10.0. The van der Waals surface area contributed by atoms with Gasteiger partial charge in [0, 0.05) is 12.5 Å². The first-order valence-corrected chi connectivity index (χ1v) is 6.51. The maximum atomic E-state index is 11.4. The summed E-state index contributed by atoms with van der Waals surface area (Å²) in [7, 11) is 0. The minimum atomic E-state index is -0.574. The van der Waals surface area contributed by atoms with Crippen LogP contribution in [-0.4, -0.2) is 22.7 Å². The van der Waals surface area contributed by atoms with E-state index in [0.29, 0.717) is 18.7 Å². The van der Waals surface area contributed by atoms with Crippen molar-refractivity contribution in [3.05, 3.63) is 47.6 Å². The Morgan fingerprint density at radius 2 is 2.15 bits per heavy atom. The van der Waals surface area contributed by atoms with Crippen LogP contribution in [-0.2, 0) is 11.2 Å². The van der Waals surface area contributed by atoms with Gasteiger partial charge in [-0.25, -0.2) is 4.79 Å². The fourth-order valence-electron chi connectivity index (χ4n) is 1.78. The molecule has 0 aliphatic heterocycles. The quantitative estimate of drug-likeness (QED) is 0.809. The van der Waals surface area contributed by atoms with Gasteiger partial charge >= 0.3 is 5.97 Å². The number of carbonyl (C=O) groups is 1. The van der Waals surface area contributed by atoms with E-state index in [-0.39, 0.29) is 18.5 Å². The zero-order valence-electron chi connectivity index (χ0n) is 11.3. The van der Waals surface area contributed by atoms with Crippen molar-refractivity contribution in [2.45, 2.75) is 25.8 Å². The van der Waals surface area contributed by atoms with Crippen LogP contribution in [0, 0.1) is 0 Å². The molecule has 0 fully saturated rings. The van der Waals surface area contributed by atoms with E-state index < -0.39 is 5.97 Å². The Labute approximate surface area is 116 Å². The number of rotatable bonds is 6. The highest BCUT2D eigenvalue weighted by atomic mass is 16.5. The minimum Gasteiger partial charge on any atom is -0.460 e. The van der Waals surface area contributed by atoms with Gasteiger partial charge in [-0.05, 0) is 24.1 Å². The van der Waals surface area contributed by atoms with Gasteiger partial charge < -0.3 is 15.0 Å². The summed E-state index contributed by atoms with van der Waals surface area (Å²) in [5.74, 6) is -0.232. The number of carbonyl (C=O) groups excluding carboxylic acids is 1. The molecule has 1 atom stereocenters. The van der Waals surface area contributed by atoms with Crippen LogP contribution in [0.1, 0.15) is 41.5 Å². The molecule has 1 aromatic heterocycles. The van der Waals surface area contributed by atoms with E-state index in [2.05, 4.69) is 10.1 Å². The highest BCUT2D eigenvalue weighted by Gasteiger charge is 2.16. The number of ether oxygens (including phenoxy) is 1. The lowest BCUT2D eigenvalue weighted by Gasteiger charge is -2.09. The minimum absolute atomic E-state index is 0.0462. The Balaban J connectivity index is 1.90. The second kappa shape index (κ2) is 6.81. The zero-order valence-corrected chi connectivity index (χ0v) is 11.3. The van der Waals surface area contributed by atoms with E-state index in [1.165, 1.54) is 0 Å². The fraction of sp³-hybridized carbons (Fsp3) is 0.357. The van der Waals surface area contributed by atoms with Crippen LogP contribution >= 0.6 is 0 Å². The van der Waals surface area contributed by atoms with Gasteiger partial charge in [-0.2, -0.15) is 4.98 Å². The molecule has 0 bridgehead atoms. The molecule has 0 saturated carbocycles. The molecule has 0 saturated heterocycles. The lowest BCUT2D eigenvalue weighted by molar-refractivity contribution is 0.0508. The summed E-state index contributed by atoms with van der Waals surface area (Å²) >= 11 is 0. The van der Waals surface area contributed by atoms with E-state index >= 15 is 0 Å². The van der Waals surface area contributed by atoms with Gasteiger partial charge in [0.1, 0.15) is 0 Å². The molecule has 0 radical (unpaired) electrons. The predicted octanol–water partition coefficient (Wildman–Crippen LogP) is 1.88. The van der Waals surface area contributed by atoms with Crippen LogP contribution in [0.15, 0.2) is 34.9 Å². The highest BCUT2D eigenvalue weighted by Crippen LogP contribution is 2.15. The van der Waals surface area contributed by atoms with Crippen molar-refractivity contribution < 1.29 is 14.1 Å². The molecule has 1 heterocycles. The van der Waals surface area contributed by atoms with Crippen LogP contribution < -0.4 is 5.73 Å². The van der Waals surface area contributed by atoms with Crippen molar-refractivity contribution >= 4 is 5.97 Å². The number of aryl methyl sites for hydroxylation is 1. The Kier molecular flexibility index (Phi) is 4.84. The van der Waals surface area contributed by atoms with Crippen molar-refractivity contribution in [2.75, 3.05) is 6.61 Å². The van der Waals surface area contributed by atoms with Crippen LogP contribution in [0.2, 0.25) is 0 Å². The molecule has 0 spiro atoms. The van der Waals surface area contributed by atoms with E-state index in [0.717, 1.165) is 5.56 Å². The van der Waals surface area contributed by atoms with Gasteiger partial charge in [0.25, 0.3) is 5.82 Å². The number of nitrogens with two attached hydrogens (primary N) is 1. The topological polar surface area (TPSA) is 91.2 Å². The molecule has 2 rings (SSSR count). The number of aromatic nitrogens is 2. The van der Waals surface area contributed by atoms with Gasteiger partial charge in [0.2, 0.25) is 5.89 Å². The second-order valence-electron chi connectivity index (χ2n) is 4.29. The average molecular weight is 275 g/mol. The SMILES string of the molecule is CCOC(=O)c1noc(CCC(N)c2ccccc2)n1. The number of nitrogens with zero attached hydrogens (tertiary/aromatic N) is 2. The Morgan fingerprint density at radius 3 is 2.85 bits per heavy atom.